The van der Waals surface area contributed by atoms with Gasteiger partial charge < -0.3 is 15.4 Å². The van der Waals surface area contributed by atoms with Crippen LogP contribution in [0.2, 0.25) is 0 Å². The average molecular weight is 448 g/mol. The first kappa shape index (κ1) is 28.0. The van der Waals surface area contributed by atoms with Crippen LogP contribution in [0.1, 0.15) is 34.6 Å². The quantitative estimate of drug-likeness (QED) is 0.179. The van der Waals surface area contributed by atoms with E-state index in [9.17, 15) is 18.9 Å². The van der Waals surface area contributed by atoms with Gasteiger partial charge in [-0.05, 0) is 13.8 Å². The summed E-state index contributed by atoms with van der Waals surface area (Å²) in [5.41, 5.74) is -0.0427. The van der Waals surface area contributed by atoms with Gasteiger partial charge in [0.25, 0.3) is 0 Å². The van der Waals surface area contributed by atoms with E-state index in [-0.39, 0.29) is 56.9 Å². The second kappa shape index (κ2) is 13.3. The van der Waals surface area contributed by atoms with E-state index in [0.717, 1.165) is 0 Å². The highest BCUT2D eigenvalue weighted by Gasteiger charge is 2.27. The maximum atomic E-state index is 12.7. The zero-order valence-electron chi connectivity index (χ0n) is 18.4. The first-order valence-corrected chi connectivity index (χ1v) is 10.8. The number of hydrogen-bond acceptors (Lipinski definition) is 8. The summed E-state index contributed by atoms with van der Waals surface area (Å²) in [5.74, 6) is -1.17. The zero-order valence-corrected chi connectivity index (χ0v) is 19.3. The van der Waals surface area contributed by atoms with Crippen molar-refractivity contribution in [3.63, 3.8) is 0 Å². The number of amides is 2. The molecule has 0 saturated heterocycles. The fourth-order valence-electron chi connectivity index (χ4n) is 1.58. The van der Waals surface area contributed by atoms with Crippen LogP contribution in [0.3, 0.4) is 0 Å². The maximum absolute atomic E-state index is 12.7. The minimum absolute atomic E-state index is 0.0494. The van der Waals surface area contributed by atoms with Crippen molar-refractivity contribution in [2.45, 2.75) is 34.6 Å². The molecule has 11 heteroatoms. The molecular weight excluding hydrogens is 415 g/mol. The number of rotatable bonds is 14. The fraction of sp³-hybridized carbons (Fsp3) is 0.632. The summed E-state index contributed by atoms with van der Waals surface area (Å²) in [6, 6.07) is 0. The van der Waals surface area contributed by atoms with Crippen LogP contribution < -0.4 is 10.6 Å². The summed E-state index contributed by atoms with van der Waals surface area (Å²) >= 11 is 0. The summed E-state index contributed by atoms with van der Waals surface area (Å²) < 4.78 is 33.1. The largest absolute Gasteiger partial charge is 0.475 e. The van der Waals surface area contributed by atoms with Crippen LogP contribution in [0.5, 0.6) is 0 Å². The Morgan fingerprint density at radius 1 is 0.833 bits per heavy atom. The molecule has 1 unspecified atom stereocenters. The molecule has 2 N–H and O–H groups in total. The summed E-state index contributed by atoms with van der Waals surface area (Å²) in [6.45, 7) is 14.7. The lowest BCUT2D eigenvalue weighted by Gasteiger charge is -2.20. The summed E-state index contributed by atoms with van der Waals surface area (Å²) in [5, 5.41) is 5.16. The topological polar surface area (TPSA) is 129 Å². The predicted octanol–water partition coefficient (Wildman–Crippen LogP) is 2.12. The van der Waals surface area contributed by atoms with Crippen LogP contribution in [-0.2, 0) is 37.3 Å². The normalized spacial score (nSPS) is 13.1. The number of ether oxygens (including phenoxy) is 1. The first-order valence-electron chi connectivity index (χ1n) is 9.37. The number of hydrogen-bond donors (Lipinski definition) is 2. The smallest absolute Gasteiger partial charge is 0.460 e. The van der Waals surface area contributed by atoms with Crippen molar-refractivity contribution >= 4 is 25.6 Å². The Hall–Kier alpha value is -2.00. The number of carbonyl (C=O) groups is 3. The fourth-order valence-corrected chi connectivity index (χ4v) is 2.73. The number of esters is 1. The SMILES string of the molecule is C=C(C)C(=O)NCCOP(=O)(OCCNC(=O)C(C)(C)C)OCCOC(=O)C(=C)C. The highest BCUT2D eigenvalue weighted by Crippen LogP contribution is 2.49. The third kappa shape index (κ3) is 12.5. The molecule has 10 nitrogen and oxygen atoms in total. The maximum Gasteiger partial charge on any atom is 0.475 e. The Kier molecular flexibility index (Phi) is 12.4. The van der Waals surface area contributed by atoms with Gasteiger partial charge in [-0.1, -0.05) is 33.9 Å². The van der Waals surface area contributed by atoms with Crippen molar-refractivity contribution in [3.8, 4) is 0 Å². The molecule has 0 aromatic carbocycles. The molecule has 0 heterocycles. The molecule has 0 rings (SSSR count). The Morgan fingerprint density at radius 2 is 1.33 bits per heavy atom. The van der Waals surface area contributed by atoms with E-state index in [4.69, 9.17) is 18.3 Å². The summed E-state index contributed by atoms with van der Waals surface area (Å²) in [6.07, 6.45) is 0. The lowest BCUT2D eigenvalue weighted by atomic mass is 9.96. The molecule has 0 aromatic rings. The van der Waals surface area contributed by atoms with Gasteiger partial charge in [-0.15, -0.1) is 0 Å². The Labute approximate surface area is 178 Å². The van der Waals surface area contributed by atoms with Crippen molar-refractivity contribution in [1.82, 2.24) is 10.6 Å². The average Bonchev–Trinajstić information content (AvgIpc) is 2.64. The molecule has 172 valence electrons. The molecular formula is C19H33N2O8P. The molecule has 0 aliphatic heterocycles. The van der Waals surface area contributed by atoms with E-state index in [0.29, 0.717) is 5.57 Å². The van der Waals surface area contributed by atoms with Gasteiger partial charge in [0, 0.05) is 29.7 Å². The lowest BCUT2D eigenvalue weighted by molar-refractivity contribution is -0.139. The minimum Gasteiger partial charge on any atom is -0.460 e. The van der Waals surface area contributed by atoms with Crippen molar-refractivity contribution < 1.29 is 37.3 Å². The molecule has 30 heavy (non-hydrogen) atoms. The van der Waals surface area contributed by atoms with Crippen LogP contribution in [-0.4, -0.2) is 57.3 Å². The molecule has 0 bridgehead atoms. The predicted molar refractivity (Wildman–Crippen MR) is 112 cm³/mol. The van der Waals surface area contributed by atoms with Gasteiger partial charge in [0.05, 0.1) is 19.8 Å². The zero-order chi connectivity index (χ0) is 23.4. The van der Waals surface area contributed by atoms with Crippen LogP contribution >= 0.6 is 7.82 Å². The van der Waals surface area contributed by atoms with E-state index in [1.165, 1.54) is 6.92 Å². The van der Waals surface area contributed by atoms with Gasteiger partial charge in [0.1, 0.15) is 6.61 Å². The Morgan fingerprint density at radius 3 is 1.80 bits per heavy atom. The molecule has 1 atom stereocenters. The van der Waals surface area contributed by atoms with E-state index < -0.39 is 19.2 Å². The number of phosphoric ester groups is 1. The van der Waals surface area contributed by atoms with Crippen molar-refractivity contribution in [1.29, 1.82) is 0 Å². The molecule has 0 spiro atoms. The number of carbonyl (C=O) groups excluding carboxylic acids is 3. The second-order valence-electron chi connectivity index (χ2n) is 7.41. The van der Waals surface area contributed by atoms with Gasteiger partial charge in [0.15, 0.2) is 0 Å². The van der Waals surface area contributed by atoms with Crippen molar-refractivity contribution in [3.05, 3.63) is 24.3 Å². The number of phosphoric acid groups is 1. The van der Waals surface area contributed by atoms with Crippen molar-refractivity contribution in [2.75, 3.05) is 39.5 Å². The molecule has 0 aromatic heterocycles. The van der Waals surface area contributed by atoms with Gasteiger partial charge >= 0.3 is 13.8 Å². The monoisotopic (exact) mass is 448 g/mol. The molecule has 0 fully saturated rings. The van der Waals surface area contributed by atoms with Gasteiger partial charge in [-0.2, -0.15) is 0 Å². The molecule has 2 amide bonds. The first-order chi connectivity index (χ1) is 13.8. The standard InChI is InChI=1S/C19H33N2O8P/c1-14(2)16(22)20-8-10-27-30(25,29-13-12-26-17(23)15(3)4)28-11-9-21-18(24)19(5,6)7/h1,3,8-13H2,2,4-7H3,(H,20,22)(H,21,24). The highest BCUT2D eigenvalue weighted by molar-refractivity contribution is 7.48. The molecule has 0 aliphatic rings. The van der Waals surface area contributed by atoms with Gasteiger partial charge in [0.2, 0.25) is 11.8 Å². The van der Waals surface area contributed by atoms with Crippen LogP contribution in [0.25, 0.3) is 0 Å². The van der Waals surface area contributed by atoms with Gasteiger partial charge in [-0.25, -0.2) is 9.36 Å². The molecule has 0 radical (unpaired) electrons. The van der Waals surface area contributed by atoms with Crippen molar-refractivity contribution in [2.24, 2.45) is 5.41 Å². The highest BCUT2D eigenvalue weighted by atomic mass is 31.2. The van der Waals surface area contributed by atoms with Crippen LogP contribution in [0.15, 0.2) is 24.3 Å². The summed E-state index contributed by atoms with van der Waals surface area (Å²) in [7, 11) is -4.03. The number of nitrogens with one attached hydrogen (secondary N) is 2. The lowest BCUT2D eigenvalue weighted by Crippen LogP contribution is -2.36. The van der Waals surface area contributed by atoms with Gasteiger partial charge in [-0.3, -0.25) is 23.2 Å². The van der Waals surface area contributed by atoms with E-state index in [2.05, 4.69) is 23.8 Å². The third-order valence-corrected chi connectivity index (χ3v) is 4.75. The van der Waals surface area contributed by atoms with E-state index in [1.54, 1.807) is 27.7 Å². The van der Waals surface area contributed by atoms with Crippen LogP contribution in [0, 0.1) is 5.41 Å². The summed E-state index contributed by atoms with van der Waals surface area (Å²) in [4.78, 5) is 34.7. The Balaban J connectivity index is 4.61. The third-order valence-electron chi connectivity index (χ3n) is 3.26. The molecule has 0 saturated carbocycles. The Bertz CT molecular complexity index is 647. The molecule has 0 aliphatic carbocycles. The minimum atomic E-state index is -4.03. The van der Waals surface area contributed by atoms with E-state index in [1.807, 2.05) is 0 Å². The van der Waals surface area contributed by atoms with Crippen LogP contribution in [0.4, 0.5) is 0 Å². The second-order valence-corrected chi connectivity index (χ2v) is 9.07. The van der Waals surface area contributed by atoms with E-state index >= 15 is 0 Å².